The minimum absolute atomic E-state index is 0. The molecule has 2 atom stereocenters. The van der Waals surface area contributed by atoms with E-state index in [4.69, 9.17) is 9.52 Å². The van der Waals surface area contributed by atoms with Crippen molar-refractivity contribution in [3.63, 3.8) is 0 Å². The molecule has 0 spiro atoms. The number of guanidine groups is 1. The Morgan fingerprint density at radius 3 is 2.68 bits per heavy atom. The van der Waals surface area contributed by atoms with Gasteiger partial charge in [-0.25, -0.2) is 4.99 Å². The van der Waals surface area contributed by atoms with E-state index in [2.05, 4.69) is 48.4 Å². The maximum atomic E-state index is 5.47. The highest BCUT2D eigenvalue weighted by atomic mass is 127. The molecule has 1 aromatic heterocycles. The van der Waals surface area contributed by atoms with Crippen LogP contribution in [0.2, 0.25) is 0 Å². The van der Waals surface area contributed by atoms with Crippen LogP contribution in [-0.4, -0.2) is 47.7 Å². The van der Waals surface area contributed by atoms with Gasteiger partial charge in [-0.1, -0.05) is 42.4 Å². The standard InChI is InChI=1S/C21H31N5O.HI/c1-5-22-21(24-19-14-26(15(2)3)13-16(19)4)23-12-18-11-20(27-25-18)17-9-7-6-8-10-17;/h6-11,15-16,19H,5,12-14H2,1-4H3,(H2,22,23,24);1H. The molecule has 0 saturated carbocycles. The highest BCUT2D eigenvalue weighted by Gasteiger charge is 2.31. The van der Waals surface area contributed by atoms with Crippen LogP contribution in [0.4, 0.5) is 0 Å². The Morgan fingerprint density at radius 1 is 1.29 bits per heavy atom. The van der Waals surface area contributed by atoms with Gasteiger partial charge in [0.15, 0.2) is 11.7 Å². The van der Waals surface area contributed by atoms with Gasteiger partial charge in [0, 0.05) is 43.3 Å². The van der Waals surface area contributed by atoms with Gasteiger partial charge in [0.05, 0.1) is 6.54 Å². The van der Waals surface area contributed by atoms with E-state index >= 15 is 0 Å². The molecule has 3 rings (SSSR count). The lowest BCUT2D eigenvalue weighted by atomic mass is 10.1. The molecule has 2 N–H and O–H groups in total. The number of halogens is 1. The molecule has 2 heterocycles. The van der Waals surface area contributed by atoms with Gasteiger partial charge in [0.1, 0.15) is 5.69 Å². The van der Waals surface area contributed by atoms with E-state index in [0.29, 0.717) is 24.5 Å². The van der Waals surface area contributed by atoms with Crippen molar-refractivity contribution in [2.24, 2.45) is 10.9 Å². The van der Waals surface area contributed by atoms with Crippen molar-refractivity contribution in [3.8, 4) is 11.3 Å². The second-order valence-electron chi connectivity index (χ2n) is 7.52. The normalized spacial score (nSPS) is 20.2. The average molecular weight is 497 g/mol. The molecule has 28 heavy (non-hydrogen) atoms. The second-order valence-corrected chi connectivity index (χ2v) is 7.52. The third-order valence-corrected chi connectivity index (χ3v) is 5.05. The minimum Gasteiger partial charge on any atom is -0.357 e. The third kappa shape index (κ3) is 5.94. The van der Waals surface area contributed by atoms with Crippen molar-refractivity contribution < 1.29 is 4.52 Å². The van der Waals surface area contributed by atoms with E-state index in [1.165, 1.54) is 0 Å². The van der Waals surface area contributed by atoms with Crippen LogP contribution in [0.3, 0.4) is 0 Å². The maximum absolute atomic E-state index is 5.47. The van der Waals surface area contributed by atoms with Crippen molar-refractivity contribution in [1.29, 1.82) is 0 Å². The van der Waals surface area contributed by atoms with Gasteiger partial charge in [-0.15, -0.1) is 24.0 Å². The first-order chi connectivity index (χ1) is 13.1. The van der Waals surface area contributed by atoms with Crippen LogP contribution in [-0.2, 0) is 6.54 Å². The molecule has 1 fully saturated rings. The van der Waals surface area contributed by atoms with Crippen molar-refractivity contribution in [3.05, 3.63) is 42.1 Å². The van der Waals surface area contributed by atoms with Gasteiger partial charge in [0.2, 0.25) is 0 Å². The molecule has 154 valence electrons. The van der Waals surface area contributed by atoms with Crippen molar-refractivity contribution in [2.75, 3.05) is 19.6 Å². The van der Waals surface area contributed by atoms with Gasteiger partial charge < -0.3 is 15.2 Å². The molecule has 2 unspecified atom stereocenters. The highest BCUT2D eigenvalue weighted by Crippen LogP contribution is 2.20. The molecule has 0 bridgehead atoms. The lowest BCUT2D eigenvalue weighted by Crippen LogP contribution is -2.46. The maximum Gasteiger partial charge on any atom is 0.191 e. The summed E-state index contributed by atoms with van der Waals surface area (Å²) in [4.78, 5) is 7.22. The Kier molecular flexibility index (Phi) is 8.75. The summed E-state index contributed by atoms with van der Waals surface area (Å²) in [6.07, 6.45) is 0. The van der Waals surface area contributed by atoms with Crippen LogP contribution < -0.4 is 10.6 Å². The molecular weight excluding hydrogens is 465 g/mol. The SMILES string of the molecule is CCNC(=NCc1cc(-c2ccccc2)on1)NC1CN(C(C)C)CC1C.I. The lowest BCUT2D eigenvalue weighted by molar-refractivity contribution is 0.265. The number of hydrogen-bond donors (Lipinski definition) is 2. The molecule has 1 saturated heterocycles. The van der Waals surface area contributed by atoms with Crippen molar-refractivity contribution >= 4 is 29.9 Å². The summed E-state index contributed by atoms with van der Waals surface area (Å²) in [5, 5.41) is 11.1. The Hall–Kier alpha value is -1.61. The van der Waals surface area contributed by atoms with Crippen molar-refractivity contribution in [1.82, 2.24) is 20.7 Å². The Balaban J connectivity index is 0.00000280. The molecule has 0 amide bonds. The van der Waals surface area contributed by atoms with Crippen molar-refractivity contribution in [2.45, 2.75) is 46.3 Å². The summed E-state index contributed by atoms with van der Waals surface area (Å²) in [5.74, 6) is 2.20. The second kappa shape index (κ2) is 10.8. The molecule has 0 radical (unpaired) electrons. The summed E-state index contributed by atoms with van der Waals surface area (Å²) in [7, 11) is 0. The van der Waals surface area contributed by atoms with Gasteiger partial charge in [-0.2, -0.15) is 0 Å². The smallest absolute Gasteiger partial charge is 0.191 e. The summed E-state index contributed by atoms with van der Waals surface area (Å²) >= 11 is 0. The van der Waals surface area contributed by atoms with Crippen LogP contribution in [0.25, 0.3) is 11.3 Å². The van der Waals surface area contributed by atoms with E-state index in [9.17, 15) is 0 Å². The Labute approximate surface area is 185 Å². The number of likely N-dealkylation sites (tertiary alicyclic amines) is 1. The Bertz CT molecular complexity index is 746. The van der Waals surface area contributed by atoms with E-state index in [-0.39, 0.29) is 24.0 Å². The topological polar surface area (TPSA) is 65.7 Å². The summed E-state index contributed by atoms with van der Waals surface area (Å²) < 4.78 is 5.47. The number of hydrogen-bond acceptors (Lipinski definition) is 4. The first kappa shape index (κ1) is 22.7. The zero-order valence-electron chi connectivity index (χ0n) is 17.2. The number of aromatic nitrogens is 1. The first-order valence-electron chi connectivity index (χ1n) is 9.86. The molecule has 1 aliphatic rings. The number of aliphatic imine (C=N–C) groups is 1. The van der Waals surface area contributed by atoms with E-state index in [1.54, 1.807) is 0 Å². The fraction of sp³-hybridized carbons (Fsp3) is 0.524. The first-order valence-corrected chi connectivity index (χ1v) is 9.86. The summed E-state index contributed by atoms with van der Waals surface area (Å²) in [6.45, 7) is 12.4. The molecule has 2 aromatic rings. The molecule has 1 aliphatic heterocycles. The van der Waals surface area contributed by atoms with Crippen LogP contribution in [0.15, 0.2) is 45.9 Å². The van der Waals surface area contributed by atoms with Crippen LogP contribution in [0.1, 0.15) is 33.4 Å². The predicted octanol–water partition coefficient (Wildman–Crippen LogP) is 3.74. The number of rotatable bonds is 6. The molecule has 7 heteroatoms. The zero-order valence-corrected chi connectivity index (χ0v) is 19.5. The number of benzene rings is 1. The van der Waals surface area contributed by atoms with E-state index < -0.39 is 0 Å². The number of nitrogens with zero attached hydrogens (tertiary/aromatic N) is 3. The predicted molar refractivity (Wildman–Crippen MR) is 125 cm³/mol. The van der Waals surface area contributed by atoms with Gasteiger partial charge in [0.25, 0.3) is 0 Å². The quantitative estimate of drug-likeness (QED) is 0.362. The summed E-state index contributed by atoms with van der Waals surface area (Å²) in [5.41, 5.74) is 1.85. The van der Waals surface area contributed by atoms with Gasteiger partial charge in [-0.05, 0) is 26.7 Å². The van der Waals surface area contributed by atoms with Crippen LogP contribution in [0.5, 0.6) is 0 Å². The highest BCUT2D eigenvalue weighted by molar-refractivity contribution is 14.0. The van der Waals surface area contributed by atoms with E-state index in [1.807, 2.05) is 36.4 Å². The molecule has 0 aliphatic carbocycles. The van der Waals surface area contributed by atoms with Gasteiger partial charge >= 0.3 is 0 Å². The molecule has 1 aromatic carbocycles. The minimum atomic E-state index is 0. The van der Waals surface area contributed by atoms with Gasteiger partial charge in [-0.3, -0.25) is 4.90 Å². The Morgan fingerprint density at radius 2 is 2.04 bits per heavy atom. The molecular formula is C21H32IN5O. The largest absolute Gasteiger partial charge is 0.357 e. The fourth-order valence-electron chi connectivity index (χ4n) is 3.39. The number of nitrogens with one attached hydrogen (secondary N) is 2. The fourth-order valence-corrected chi connectivity index (χ4v) is 3.39. The average Bonchev–Trinajstić information content (AvgIpc) is 3.28. The van der Waals surface area contributed by atoms with Crippen LogP contribution in [0, 0.1) is 5.92 Å². The molecule has 6 nitrogen and oxygen atoms in total. The lowest BCUT2D eigenvalue weighted by Gasteiger charge is -2.21. The zero-order chi connectivity index (χ0) is 19.2. The third-order valence-electron chi connectivity index (χ3n) is 5.05. The van der Waals surface area contributed by atoms with E-state index in [0.717, 1.165) is 42.6 Å². The van der Waals surface area contributed by atoms with Crippen LogP contribution >= 0.6 is 24.0 Å². The summed E-state index contributed by atoms with van der Waals surface area (Å²) in [6, 6.07) is 12.9. The monoisotopic (exact) mass is 497 g/mol.